The van der Waals surface area contributed by atoms with Crippen LogP contribution in [0.2, 0.25) is 5.02 Å². The summed E-state index contributed by atoms with van der Waals surface area (Å²) in [6.45, 7) is 0.204. The number of aromatic hydroxyl groups is 2. The zero-order valence-electron chi connectivity index (χ0n) is 22.7. The first kappa shape index (κ1) is 28.2. The van der Waals surface area contributed by atoms with Crippen molar-refractivity contribution in [3.63, 3.8) is 0 Å². The monoisotopic (exact) mass is 576 g/mol. The summed E-state index contributed by atoms with van der Waals surface area (Å²) in [6, 6.07) is 14.6. The van der Waals surface area contributed by atoms with Gasteiger partial charge in [-0.2, -0.15) is 0 Å². The highest BCUT2D eigenvalue weighted by molar-refractivity contribution is 6.31. The average Bonchev–Trinajstić information content (AvgIpc) is 3.42. The first-order chi connectivity index (χ1) is 19.6. The minimum Gasteiger partial charge on any atom is -0.504 e. The number of benzene rings is 3. The van der Waals surface area contributed by atoms with Crippen LogP contribution in [0.5, 0.6) is 23.0 Å². The molecule has 0 saturated carbocycles. The van der Waals surface area contributed by atoms with Crippen LogP contribution in [0, 0.1) is 5.92 Å². The van der Waals surface area contributed by atoms with E-state index in [9.17, 15) is 24.6 Å². The normalized spacial score (nSPS) is 21.7. The molecule has 3 atom stereocenters. The number of anilines is 1. The third-order valence-electron chi connectivity index (χ3n) is 7.90. The summed E-state index contributed by atoms with van der Waals surface area (Å²) in [6.07, 6.45) is 2.43. The Morgan fingerprint density at radius 2 is 1.80 bits per heavy atom. The minimum atomic E-state index is -1.29. The lowest BCUT2D eigenvalue weighted by Crippen LogP contribution is -2.48. The van der Waals surface area contributed by atoms with Gasteiger partial charge in [0.15, 0.2) is 28.8 Å². The lowest BCUT2D eigenvalue weighted by atomic mass is 9.70. The Morgan fingerprint density at radius 3 is 2.51 bits per heavy atom. The minimum absolute atomic E-state index is 0.0696. The smallest absolute Gasteiger partial charge is 0.250 e. The Labute approximate surface area is 242 Å². The van der Waals surface area contributed by atoms with Gasteiger partial charge in [-0.3, -0.25) is 19.3 Å². The summed E-state index contributed by atoms with van der Waals surface area (Å²) >= 11 is 6.37. The molecule has 1 spiro atoms. The Kier molecular flexibility index (Phi) is 7.50. The van der Waals surface area contributed by atoms with Gasteiger partial charge in [0.1, 0.15) is 11.3 Å². The summed E-state index contributed by atoms with van der Waals surface area (Å²) in [5.41, 5.74) is 1.10. The molecule has 1 saturated heterocycles. The number of hydrogen-bond donors (Lipinski definition) is 3. The summed E-state index contributed by atoms with van der Waals surface area (Å²) < 4.78 is 10.4. The van der Waals surface area contributed by atoms with E-state index in [0.717, 1.165) is 0 Å². The number of carbonyl (C=O) groups excluding carboxylic acids is 3. The molecule has 3 unspecified atom stereocenters. The van der Waals surface area contributed by atoms with E-state index in [2.05, 4.69) is 5.32 Å². The van der Waals surface area contributed by atoms with Crippen LogP contribution in [0.15, 0.2) is 60.7 Å². The van der Waals surface area contributed by atoms with Crippen molar-refractivity contribution in [2.75, 3.05) is 33.1 Å². The van der Waals surface area contributed by atoms with Crippen molar-refractivity contribution in [1.29, 1.82) is 0 Å². The van der Waals surface area contributed by atoms with Crippen LogP contribution in [0.3, 0.4) is 0 Å². The van der Waals surface area contributed by atoms with Crippen molar-refractivity contribution in [3.8, 4) is 23.0 Å². The predicted octanol–water partition coefficient (Wildman–Crippen LogP) is 4.50. The first-order valence-corrected chi connectivity index (χ1v) is 13.3. The van der Waals surface area contributed by atoms with Crippen molar-refractivity contribution < 1.29 is 34.1 Å². The molecule has 3 aromatic carbocycles. The molecule has 0 aromatic heterocycles. The van der Waals surface area contributed by atoms with Crippen LogP contribution in [0.4, 0.5) is 5.69 Å². The summed E-state index contributed by atoms with van der Waals surface area (Å²) in [4.78, 5) is 42.4. The van der Waals surface area contributed by atoms with Crippen LogP contribution >= 0.6 is 11.6 Å². The summed E-state index contributed by atoms with van der Waals surface area (Å²) in [5, 5.41) is 23.6. The van der Waals surface area contributed by atoms with Crippen LogP contribution in [-0.4, -0.2) is 60.4 Å². The second-order valence-electron chi connectivity index (χ2n) is 10.2. The van der Waals surface area contributed by atoms with Crippen LogP contribution < -0.4 is 14.8 Å². The highest BCUT2D eigenvalue weighted by atomic mass is 35.5. The SMILES string of the molecule is COc1ccc(/C=C/C(=O)CC(=O)C2CN(C)C3(C(=O)Nc4ccc(Cl)cc43)C2c2ccc(O)c(OC)c2)cc1O. The highest BCUT2D eigenvalue weighted by Gasteiger charge is 2.63. The number of amides is 1. The van der Waals surface area contributed by atoms with E-state index in [1.165, 1.54) is 38.5 Å². The number of likely N-dealkylation sites (tertiary alicyclic amines) is 1. The lowest BCUT2D eigenvalue weighted by molar-refractivity contribution is -0.127. The van der Waals surface area contributed by atoms with Gasteiger partial charge in [-0.25, -0.2) is 0 Å². The number of nitrogens with one attached hydrogen (secondary N) is 1. The number of phenolic OH excluding ortho intramolecular Hbond substituents is 2. The number of nitrogens with zero attached hydrogens (tertiary/aromatic N) is 1. The molecule has 10 heteroatoms. The molecule has 5 rings (SSSR count). The molecule has 0 bridgehead atoms. The van der Waals surface area contributed by atoms with Gasteiger partial charge in [0.25, 0.3) is 0 Å². The van der Waals surface area contributed by atoms with Crippen molar-refractivity contribution in [2.45, 2.75) is 17.9 Å². The number of halogens is 1. The molecule has 3 aromatic rings. The number of ether oxygens (including phenoxy) is 2. The van der Waals surface area contributed by atoms with E-state index in [4.69, 9.17) is 21.1 Å². The van der Waals surface area contributed by atoms with Gasteiger partial charge in [-0.15, -0.1) is 0 Å². The molecule has 2 aliphatic heterocycles. The van der Waals surface area contributed by atoms with Gasteiger partial charge in [0, 0.05) is 34.7 Å². The zero-order chi connectivity index (χ0) is 29.5. The largest absolute Gasteiger partial charge is 0.504 e. The molecule has 1 fully saturated rings. The van der Waals surface area contributed by atoms with Gasteiger partial charge >= 0.3 is 0 Å². The quantitative estimate of drug-likeness (QED) is 0.264. The number of carbonyl (C=O) groups is 3. The molecule has 0 radical (unpaired) electrons. The first-order valence-electron chi connectivity index (χ1n) is 12.9. The van der Waals surface area contributed by atoms with E-state index in [0.29, 0.717) is 33.1 Å². The second kappa shape index (κ2) is 10.9. The van der Waals surface area contributed by atoms with E-state index in [1.54, 1.807) is 49.5 Å². The predicted molar refractivity (Wildman–Crippen MR) is 154 cm³/mol. The Balaban J connectivity index is 1.51. The Bertz CT molecular complexity index is 1590. The number of fused-ring (bicyclic) bond motifs is 2. The zero-order valence-corrected chi connectivity index (χ0v) is 23.4. The summed E-state index contributed by atoms with van der Waals surface area (Å²) in [7, 11) is 4.63. The maximum absolute atomic E-state index is 13.8. The molecule has 41 heavy (non-hydrogen) atoms. The number of Topliss-reactive ketones (excluding diaryl/α,β-unsaturated/α-hetero) is 1. The second-order valence-corrected chi connectivity index (χ2v) is 10.6. The van der Waals surface area contributed by atoms with Gasteiger partial charge in [0.2, 0.25) is 5.91 Å². The maximum Gasteiger partial charge on any atom is 0.250 e. The van der Waals surface area contributed by atoms with Gasteiger partial charge < -0.3 is 25.0 Å². The van der Waals surface area contributed by atoms with Gasteiger partial charge in [-0.05, 0) is 66.7 Å². The Hall–Kier alpha value is -4.34. The molecular weight excluding hydrogens is 548 g/mol. The lowest BCUT2D eigenvalue weighted by Gasteiger charge is -2.36. The molecule has 212 valence electrons. The number of hydrogen-bond acceptors (Lipinski definition) is 8. The third-order valence-corrected chi connectivity index (χ3v) is 8.14. The molecule has 1 amide bonds. The number of allylic oxidation sites excluding steroid dienone is 1. The Morgan fingerprint density at radius 1 is 1.05 bits per heavy atom. The van der Waals surface area contributed by atoms with Gasteiger partial charge in [-0.1, -0.05) is 29.8 Å². The van der Waals surface area contributed by atoms with E-state index in [1.807, 2.05) is 4.90 Å². The fourth-order valence-corrected chi connectivity index (χ4v) is 6.22. The number of likely N-dealkylation sites (N-methyl/N-ethyl adjacent to an activating group) is 1. The fraction of sp³-hybridized carbons (Fsp3) is 0.258. The molecule has 9 nitrogen and oxygen atoms in total. The number of phenols is 2. The molecule has 2 aliphatic rings. The van der Waals surface area contributed by atoms with Crippen LogP contribution in [-0.2, 0) is 19.9 Å². The number of methoxy groups -OCH3 is 2. The highest BCUT2D eigenvalue weighted by Crippen LogP contribution is 2.57. The van der Waals surface area contributed by atoms with Gasteiger partial charge in [0.05, 0.1) is 20.6 Å². The maximum atomic E-state index is 13.8. The van der Waals surface area contributed by atoms with Crippen molar-refractivity contribution >= 4 is 40.8 Å². The molecule has 0 aliphatic carbocycles. The summed E-state index contributed by atoms with van der Waals surface area (Å²) in [5.74, 6) is -2.17. The third kappa shape index (κ3) is 4.81. The fourth-order valence-electron chi connectivity index (χ4n) is 6.05. The van der Waals surface area contributed by atoms with Crippen molar-refractivity contribution in [2.24, 2.45) is 5.92 Å². The van der Waals surface area contributed by atoms with Crippen molar-refractivity contribution in [1.82, 2.24) is 4.90 Å². The van der Waals surface area contributed by atoms with E-state index < -0.39 is 23.2 Å². The van der Waals surface area contributed by atoms with Crippen LogP contribution in [0.25, 0.3) is 6.08 Å². The average molecular weight is 577 g/mol. The van der Waals surface area contributed by atoms with E-state index in [-0.39, 0.29) is 41.9 Å². The topological polar surface area (TPSA) is 125 Å². The molecule has 3 N–H and O–H groups in total. The number of rotatable bonds is 8. The molecule has 2 heterocycles. The van der Waals surface area contributed by atoms with Crippen LogP contribution in [0.1, 0.15) is 29.0 Å². The van der Waals surface area contributed by atoms with E-state index >= 15 is 0 Å². The standard InChI is InChI=1S/C31H29ClN2O7/c1-34-16-21(25(37)15-20(35)8-4-17-5-11-27(40-2)26(38)12-17)29(18-6-10-24(36)28(13-18)41-3)31(34)22-14-19(32)7-9-23(22)33-30(31)39/h4-14,21,29,36,38H,15-16H2,1-3H3,(H,33,39)/b8-4+. The number of ketones is 2. The van der Waals surface area contributed by atoms with Crippen molar-refractivity contribution in [3.05, 3.63) is 82.4 Å². The molecular formula is C31H29ClN2O7.